The number of fused-ring (bicyclic) bond motifs is 3. The zero-order valence-electron chi connectivity index (χ0n) is 13.5. The van der Waals surface area contributed by atoms with Gasteiger partial charge in [-0.1, -0.05) is 0 Å². The molecule has 0 atom stereocenters. The van der Waals surface area contributed by atoms with Crippen molar-refractivity contribution in [2.75, 3.05) is 18.2 Å². The van der Waals surface area contributed by atoms with E-state index in [4.69, 9.17) is 5.11 Å². The van der Waals surface area contributed by atoms with Crippen LogP contribution in [-0.4, -0.2) is 42.7 Å². The Morgan fingerprint density at radius 1 is 1.30 bits per heavy atom. The summed E-state index contributed by atoms with van der Waals surface area (Å²) in [4.78, 5) is 29.4. The molecule has 2 aromatic heterocycles. The van der Waals surface area contributed by atoms with E-state index in [1.54, 1.807) is 23.5 Å². The molecule has 9 nitrogen and oxygen atoms in total. The van der Waals surface area contributed by atoms with Gasteiger partial charge >= 0.3 is 5.69 Å². The van der Waals surface area contributed by atoms with Gasteiger partial charge in [0, 0.05) is 26.7 Å². The fourth-order valence-corrected chi connectivity index (χ4v) is 2.87. The lowest BCUT2D eigenvalue weighted by molar-refractivity contribution is 0.289. The Bertz CT molecular complexity index is 904. The van der Waals surface area contributed by atoms with E-state index in [1.807, 2.05) is 6.92 Å². The third-order valence-corrected chi connectivity index (χ3v) is 3.97. The van der Waals surface area contributed by atoms with E-state index >= 15 is 0 Å². The molecule has 23 heavy (non-hydrogen) atoms. The number of hydrogen-bond donors (Lipinski definition) is 1. The quantitative estimate of drug-likeness (QED) is 0.818. The number of rotatable bonds is 4. The number of nitrogens with zero attached hydrogens (tertiary/aromatic N) is 6. The second kappa shape index (κ2) is 5.65. The summed E-state index contributed by atoms with van der Waals surface area (Å²) in [5.41, 5.74) is 0.901. The Hall–Kier alpha value is -2.42. The second-order valence-electron chi connectivity index (χ2n) is 5.60. The molecule has 1 aliphatic heterocycles. The minimum absolute atomic E-state index is 0.0480. The van der Waals surface area contributed by atoms with Crippen LogP contribution < -0.4 is 16.3 Å². The van der Waals surface area contributed by atoms with Crippen molar-refractivity contribution >= 4 is 22.8 Å². The minimum atomic E-state index is -0.375. The standard InChI is InChI=1S/C14H20N6O3/c1-4-18-12(22)10-11(17(3)14(18)23)15-13-19(10)8-9(2)16-20(13)6-5-7-21/h21H,4-8H2,1-3H3. The lowest BCUT2D eigenvalue weighted by Crippen LogP contribution is -2.39. The van der Waals surface area contributed by atoms with Crippen molar-refractivity contribution in [1.29, 1.82) is 0 Å². The van der Waals surface area contributed by atoms with Crippen LogP contribution in [0.15, 0.2) is 14.7 Å². The van der Waals surface area contributed by atoms with Crippen LogP contribution in [0.3, 0.4) is 0 Å². The van der Waals surface area contributed by atoms with E-state index in [0.29, 0.717) is 43.2 Å². The lowest BCUT2D eigenvalue weighted by Gasteiger charge is -2.24. The molecular formula is C14H20N6O3. The topological polar surface area (TPSA) is 97.7 Å². The van der Waals surface area contributed by atoms with Crippen molar-refractivity contribution < 1.29 is 5.11 Å². The Kier molecular flexibility index (Phi) is 3.80. The SMILES string of the molecule is CCn1c(=O)c2c(nc3n2CC(C)=NN3CCCO)n(C)c1=O. The average Bonchev–Trinajstić information content (AvgIpc) is 2.90. The Labute approximate surface area is 132 Å². The Morgan fingerprint density at radius 3 is 2.70 bits per heavy atom. The third-order valence-electron chi connectivity index (χ3n) is 3.97. The van der Waals surface area contributed by atoms with Crippen molar-refractivity contribution in [3.63, 3.8) is 0 Å². The minimum Gasteiger partial charge on any atom is -0.396 e. The summed E-state index contributed by atoms with van der Waals surface area (Å²) in [6.07, 6.45) is 0.540. The third kappa shape index (κ3) is 2.27. The first kappa shape index (κ1) is 15.5. The van der Waals surface area contributed by atoms with E-state index in [1.165, 1.54) is 9.13 Å². The predicted molar refractivity (Wildman–Crippen MR) is 87.1 cm³/mol. The number of imidazole rings is 1. The van der Waals surface area contributed by atoms with Crippen molar-refractivity contribution in [3.05, 3.63) is 20.8 Å². The van der Waals surface area contributed by atoms with Gasteiger partial charge in [0.15, 0.2) is 11.2 Å². The number of anilines is 1. The van der Waals surface area contributed by atoms with Gasteiger partial charge in [-0.05, 0) is 20.3 Å². The highest BCUT2D eigenvalue weighted by Gasteiger charge is 2.26. The summed E-state index contributed by atoms with van der Waals surface area (Å²) in [6.45, 7) is 4.95. The predicted octanol–water partition coefficient (Wildman–Crippen LogP) is -0.505. The molecule has 0 bridgehead atoms. The van der Waals surface area contributed by atoms with Crippen LogP contribution in [0.5, 0.6) is 0 Å². The van der Waals surface area contributed by atoms with Gasteiger partial charge in [-0.2, -0.15) is 10.1 Å². The molecule has 1 N–H and O–H groups in total. The van der Waals surface area contributed by atoms with Crippen LogP contribution in [-0.2, 0) is 20.1 Å². The maximum absolute atomic E-state index is 12.7. The molecule has 2 aromatic rings. The average molecular weight is 320 g/mol. The molecule has 0 spiro atoms. The van der Waals surface area contributed by atoms with Crippen molar-refractivity contribution in [3.8, 4) is 0 Å². The van der Waals surface area contributed by atoms with Gasteiger partial charge < -0.3 is 5.11 Å². The zero-order valence-corrected chi connectivity index (χ0v) is 13.5. The first-order chi connectivity index (χ1) is 11.0. The van der Waals surface area contributed by atoms with Crippen molar-refractivity contribution in [2.45, 2.75) is 33.4 Å². The monoisotopic (exact) mass is 320 g/mol. The summed E-state index contributed by atoms with van der Waals surface area (Å²) >= 11 is 0. The van der Waals surface area contributed by atoms with Crippen LogP contribution in [0.1, 0.15) is 20.3 Å². The summed E-state index contributed by atoms with van der Waals surface area (Å²) in [5.74, 6) is 0.528. The molecule has 1 aliphatic rings. The Balaban J connectivity index is 2.31. The lowest BCUT2D eigenvalue weighted by atomic mass is 10.3. The van der Waals surface area contributed by atoms with Gasteiger partial charge in [-0.15, -0.1) is 0 Å². The van der Waals surface area contributed by atoms with Crippen LogP contribution in [0.2, 0.25) is 0 Å². The van der Waals surface area contributed by atoms with Gasteiger partial charge in [0.1, 0.15) is 0 Å². The Morgan fingerprint density at radius 2 is 2.04 bits per heavy atom. The normalized spacial score (nSPS) is 14.3. The van der Waals surface area contributed by atoms with Crippen molar-refractivity contribution in [1.82, 2.24) is 18.7 Å². The van der Waals surface area contributed by atoms with Crippen LogP contribution in [0, 0.1) is 0 Å². The van der Waals surface area contributed by atoms with E-state index < -0.39 is 0 Å². The molecule has 0 unspecified atom stereocenters. The molecule has 3 heterocycles. The molecular weight excluding hydrogens is 300 g/mol. The molecule has 0 amide bonds. The van der Waals surface area contributed by atoms with Gasteiger partial charge in [-0.3, -0.25) is 18.5 Å². The maximum Gasteiger partial charge on any atom is 0.332 e. The largest absolute Gasteiger partial charge is 0.396 e. The van der Waals surface area contributed by atoms with Gasteiger partial charge in [0.05, 0.1) is 12.3 Å². The fraction of sp³-hybridized carbons (Fsp3) is 0.571. The summed E-state index contributed by atoms with van der Waals surface area (Å²) in [6, 6.07) is 0. The molecule has 0 radical (unpaired) electrons. The van der Waals surface area contributed by atoms with Crippen LogP contribution >= 0.6 is 0 Å². The molecule has 9 heteroatoms. The number of aromatic nitrogens is 4. The highest BCUT2D eigenvalue weighted by atomic mass is 16.3. The second-order valence-corrected chi connectivity index (χ2v) is 5.60. The first-order valence-electron chi connectivity index (χ1n) is 7.62. The molecule has 0 saturated heterocycles. The van der Waals surface area contributed by atoms with Gasteiger partial charge in [-0.25, -0.2) is 9.80 Å². The number of aliphatic hydroxyl groups excluding tert-OH is 1. The molecule has 124 valence electrons. The summed E-state index contributed by atoms with van der Waals surface area (Å²) in [7, 11) is 1.61. The maximum atomic E-state index is 12.7. The number of aryl methyl sites for hydroxylation is 1. The van der Waals surface area contributed by atoms with Crippen LogP contribution in [0.4, 0.5) is 5.95 Å². The van der Waals surface area contributed by atoms with Gasteiger partial charge in [0.2, 0.25) is 5.95 Å². The number of aliphatic hydroxyl groups is 1. The van der Waals surface area contributed by atoms with E-state index in [0.717, 1.165) is 5.71 Å². The van der Waals surface area contributed by atoms with E-state index in [-0.39, 0.29) is 17.9 Å². The molecule has 0 aromatic carbocycles. The summed E-state index contributed by atoms with van der Waals surface area (Å²) in [5, 5.41) is 15.2. The molecule has 3 rings (SSSR count). The molecule has 0 fully saturated rings. The molecule has 0 aliphatic carbocycles. The zero-order chi connectivity index (χ0) is 16.7. The first-order valence-corrected chi connectivity index (χ1v) is 7.62. The number of hydrazone groups is 1. The van der Waals surface area contributed by atoms with Gasteiger partial charge in [0.25, 0.3) is 5.56 Å². The highest BCUT2D eigenvalue weighted by molar-refractivity contribution is 5.87. The molecule has 0 saturated carbocycles. The smallest absolute Gasteiger partial charge is 0.332 e. The van der Waals surface area contributed by atoms with E-state index in [2.05, 4.69) is 10.1 Å². The van der Waals surface area contributed by atoms with E-state index in [9.17, 15) is 9.59 Å². The summed E-state index contributed by atoms with van der Waals surface area (Å²) < 4.78 is 4.39. The fourth-order valence-electron chi connectivity index (χ4n) is 2.87. The number of hydrogen-bond acceptors (Lipinski definition) is 6. The van der Waals surface area contributed by atoms with Crippen molar-refractivity contribution in [2.24, 2.45) is 12.1 Å². The van der Waals surface area contributed by atoms with Crippen LogP contribution in [0.25, 0.3) is 11.2 Å². The highest BCUT2D eigenvalue weighted by Crippen LogP contribution is 2.23.